The van der Waals surface area contributed by atoms with Gasteiger partial charge < -0.3 is 0 Å². The molecule has 0 spiro atoms. The van der Waals surface area contributed by atoms with E-state index in [2.05, 4.69) is 25.8 Å². The van der Waals surface area contributed by atoms with E-state index in [1.807, 2.05) is 6.26 Å². The normalized spacial score (nSPS) is 11.8. The smallest absolute Gasteiger partial charge is 0.254 e. The van der Waals surface area contributed by atoms with Crippen LogP contribution in [0, 0.1) is 0 Å². The molecule has 14 heavy (non-hydrogen) atoms. The van der Waals surface area contributed by atoms with Gasteiger partial charge in [0.25, 0.3) is 5.56 Å². The van der Waals surface area contributed by atoms with E-state index < -0.39 is 0 Å². The van der Waals surface area contributed by atoms with Crippen LogP contribution < -0.4 is 5.56 Å². The predicted molar refractivity (Wildman–Crippen MR) is 60.0 cm³/mol. The van der Waals surface area contributed by atoms with Crippen molar-refractivity contribution in [2.75, 3.05) is 6.26 Å². The van der Waals surface area contributed by atoms with Crippen molar-refractivity contribution in [2.45, 2.75) is 31.3 Å². The first kappa shape index (κ1) is 11.3. The predicted octanol–water partition coefficient (Wildman–Crippen LogP) is 1.80. The van der Waals surface area contributed by atoms with Crippen molar-refractivity contribution in [2.24, 2.45) is 7.05 Å². The Kier molecular flexibility index (Phi) is 3.04. The van der Waals surface area contributed by atoms with Gasteiger partial charge in [-0.25, -0.2) is 4.98 Å². The van der Waals surface area contributed by atoms with Crippen LogP contribution in [0.5, 0.6) is 0 Å². The average molecular weight is 212 g/mol. The highest BCUT2D eigenvalue weighted by Crippen LogP contribution is 2.20. The molecule has 1 heterocycles. The van der Waals surface area contributed by atoms with Gasteiger partial charge in [0.1, 0.15) is 0 Å². The lowest BCUT2D eigenvalue weighted by molar-refractivity contribution is 0.543. The molecular weight excluding hydrogens is 196 g/mol. The molecule has 0 saturated carbocycles. The molecule has 1 aromatic heterocycles. The summed E-state index contributed by atoms with van der Waals surface area (Å²) in [5.41, 5.74) is 0.789. The molecule has 0 radical (unpaired) electrons. The van der Waals surface area contributed by atoms with Gasteiger partial charge in [-0.15, -0.1) is 0 Å². The maximum atomic E-state index is 11.6. The van der Waals surface area contributed by atoms with Crippen molar-refractivity contribution in [1.82, 2.24) is 9.55 Å². The molecule has 0 unspecified atom stereocenters. The zero-order valence-corrected chi connectivity index (χ0v) is 10.1. The lowest BCUT2D eigenvalue weighted by Crippen LogP contribution is -2.25. The second-order valence-corrected chi connectivity index (χ2v) is 5.05. The zero-order chi connectivity index (χ0) is 10.9. The topological polar surface area (TPSA) is 34.9 Å². The molecule has 0 aliphatic heterocycles. The van der Waals surface area contributed by atoms with Gasteiger partial charge in [-0.2, -0.15) is 0 Å². The van der Waals surface area contributed by atoms with Gasteiger partial charge in [0.15, 0.2) is 5.16 Å². The van der Waals surface area contributed by atoms with Gasteiger partial charge in [-0.3, -0.25) is 9.36 Å². The van der Waals surface area contributed by atoms with E-state index in [-0.39, 0.29) is 11.0 Å². The standard InChI is InChI=1S/C10H16N2OS/c1-10(2,3)7-6-8(13)12(4)9(11-7)14-5/h6H,1-5H3. The van der Waals surface area contributed by atoms with E-state index in [0.29, 0.717) is 0 Å². The first-order valence-electron chi connectivity index (χ1n) is 4.49. The van der Waals surface area contributed by atoms with Crippen LogP contribution in [0.4, 0.5) is 0 Å². The summed E-state index contributed by atoms with van der Waals surface area (Å²) >= 11 is 1.49. The van der Waals surface area contributed by atoms with E-state index >= 15 is 0 Å². The molecule has 0 saturated heterocycles. The molecular formula is C10H16N2OS. The van der Waals surface area contributed by atoms with Crippen molar-refractivity contribution in [1.29, 1.82) is 0 Å². The molecule has 0 fully saturated rings. The van der Waals surface area contributed by atoms with Crippen LogP contribution in [0.1, 0.15) is 26.5 Å². The molecule has 0 N–H and O–H groups in total. The van der Waals surface area contributed by atoms with Gasteiger partial charge in [0, 0.05) is 18.5 Å². The summed E-state index contributed by atoms with van der Waals surface area (Å²) in [6.07, 6.45) is 1.92. The molecule has 0 aromatic carbocycles. The summed E-state index contributed by atoms with van der Waals surface area (Å²) in [5.74, 6) is 0. The third kappa shape index (κ3) is 2.18. The first-order valence-corrected chi connectivity index (χ1v) is 5.71. The molecule has 1 aromatic rings. The number of aromatic nitrogens is 2. The van der Waals surface area contributed by atoms with Gasteiger partial charge >= 0.3 is 0 Å². The Balaban J connectivity index is 3.38. The van der Waals surface area contributed by atoms with Crippen LogP contribution in [0.2, 0.25) is 0 Å². The Labute approximate surface area is 88.6 Å². The number of hydrogen-bond donors (Lipinski definition) is 0. The Hall–Kier alpha value is -0.770. The minimum absolute atomic E-state index is 0.00859. The first-order chi connectivity index (χ1) is 6.36. The molecule has 0 aliphatic carbocycles. The summed E-state index contributed by atoms with van der Waals surface area (Å²) in [6, 6.07) is 1.61. The van der Waals surface area contributed by atoms with E-state index in [1.54, 1.807) is 17.7 Å². The summed E-state index contributed by atoms with van der Waals surface area (Å²) in [5, 5.41) is 0.766. The van der Waals surface area contributed by atoms with Gasteiger partial charge in [0.2, 0.25) is 0 Å². The Bertz CT molecular complexity index is 390. The Morgan fingerprint density at radius 2 is 2.00 bits per heavy atom. The molecule has 3 nitrogen and oxygen atoms in total. The highest BCUT2D eigenvalue weighted by atomic mass is 32.2. The largest absolute Gasteiger partial charge is 0.291 e. The number of nitrogens with zero attached hydrogens (tertiary/aromatic N) is 2. The van der Waals surface area contributed by atoms with Gasteiger partial charge in [0.05, 0.1) is 5.69 Å². The molecule has 0 aliphatic rings. The highest BCUT2D eigenvalue weighted by Gasteiger charge is 2.17. The fourth-order valence-corrected chi connectivity index (χ4v) is 1.64. The maximum absolute atomic E-state index is 11.6. The second-order valence-electron chi connectivity index (χ2n) is 4.28. The van der Waals surface area contributed by atoms with Crippen LogP contribution >= 0.6 is 11.8 Å². The number of hydrogen-bond acceptors (Lipinski definition) is 3. The van der Waals surface area contributed by atoms with Crippen molar-refractivity contribution in [3.8, 4) is 0 Å². The molecule has 1 rings (SSSR count). The molecule has 0 atom stereocenters. The zero-order valence-electron chi connectivity index (χ0n) is 9.29. The van der Waals surface area contributed by atoms with Gasteiger partial charge in [-0.1, -0.05) is 32.5 Å². The molecule has 78 valence electrons. The number of rotatable bonds is 1. The van der Waals surface area contributed by atoms with Crippen LogP contribution in [0.25, 0.3) is 0 Å². The summed E-state index contributed by atoms with van der Waals surface area (Å²) in [6.45, 7) is 6.16. The van der Waals surface area contributed by atoms with E-state index in [9.17, 15) is 4.79 Å². The molecule has 0 amide bonds. The van der Waals surface area contributed by atoms with Crippen molar-refractivity contribution < 1.29 is 0 Å². The Morgan fingerprint density at radius 3 is 2.43 bits per heavy atom. The summed E-state index contributed by atoms with van der Waals surface area (Å²) in [7, 11) is 1.74. The minimum Gasteiger partial charge on any atom is -0.291 e. The Morgan fingerprint density at radius 1 is 1.43 bits per heavy atom. The second kappa shape index (κ2) is 3.77. The molecule has 0 bridgehead atoms. The fraction of sp³-hybridized carbons (Fsp3) is 0.600. The third-order valence-corrected chi connectivity index (χ3v) is 2.78. The lowest BCUT2D eigenvalue weighted by atomic mass is 9.92. The van der Waals surface area contributed by atoms with Crippen LogP contribution in [0.3, 0.4) is 0 Å². The average Bonchev–Trinajstić information content (AvgIpc) is 2.07. The SMILES string of the molecule is CSc1nc(C(C)(C)C)cc(=O)n1C. The lowest BCUT2D eigenvalue weighted by Gasteiger charge is -2.18. The molecule has 4 heteroatoms. The van der Waals surface area contributed by atoms with Crippen molar-refractivity contribution in [3.05, 3.63) is 22.1 Å². The minimum atomic E-state index is -0.0715. The van der Waals surface area contributed by atoms with Crippen LogP contribution in [-0.4, -0.2) is 15.8 Å². The maximum Gasteiger partial charge on any atom is 0.254 e. The van der Waals surface area contributed by atoms with Crippen LogP contribution in [-0.2, 0) is 12.5 Å². The van der Waals surface area contributed by atoms with Crippen LogP contribution in [0.15, 0.2) is 16.0 Å². The number of thioether (sulfide) groups is 1. The fourth-order valence-electron chi connectivity index (χ4n) is 1.09. The monoisotopic (exact) mass is 212 g/mol. The van der Waals surface area contributed by atoms with E-state index in [1.165, 1.54) is 11.8 Å². The van der Waals surface area contributed by atoms with E-state index in [4.69, 9.17) is 0 Å². The van der Waals surface area contributed by atoms with Crippen molar-refractivity contribution >= 4 is 11.8 Å². The van der Waals surface area contributed by atoms with Gasteiger partial charge in [-0.05, 0) is 6.26 Å². The third-order valence-electron chi connectivity index (χ3n) is 2.04. The summed E-state index contributed by atoms with van der Waals surface area (Å²) in [4.78, 5) is 16.0. The van der Waals surface area contributed by atoms with Crippen molar-refractivity contribution in [3.63, 3.8) is 0 Å². The highest BCUT2D eigenvalue weighted by molar-refractivity contribution is 7.98. The quantitative estimate of drug-likeness (QED) is 0.526. The summed E-state index contributed by atoms with van der Waals surface area (Å²) < 4.78 is 1.57. The van der Waals surface area contributed by atoms with E-state index in [0.717, 1.165) is 10.9 Å².